The molecule has 1 saturated heterocycles. The number of hydrazone groups is 1. The van der Waals surface area contributed by atoms with Crippen LogP contribution >= 0.6 is 11.3 Å². The first-order valence-corrected chi connectivity index (χ1v) is 9.09. The van der Waals surface area contributed by atoms with Crippen molar-refractivity contribution in [1.82, 2.24) is 10.3 Å². The Morgan fingerprint density at radius 3 is 2.56 bits per heavy atom. The fourth-order valence-corrected chi connectivity index (χ4v) is 3.42. The minimum absolute atomic E-state index is 0.105. The Kier molecular flexibility index (Phi) is 5.78. The highest BCUT2D eigenvalue weighted by Crippen LogP contribution is 2.16. The Morgan fingerprint density at radius 2 is 1.92 bits per heavy atom. The van der Waals surface area contributed by atoms with E-state index in [2.05, 4.69) is 20.3 Å². The number of carbonyl (C=O) groups is 1. The molecule has 0 saturated carbocycles. The van der Waals surface area contributed by atoms with Crippen molar-refractivity contribution in [3.63, 3.8) is 0 Å². The third kappa shape index (κ3) is 4.87. The first-order chi connectivity index (χ1) is 12.1. The molecule has 2 aromatic rings. The molecule has 7 heteroatoms. The van der Waals surface area contributed by atoms with E-state index in [9.17, 15) is 9.18 Å². The summed E-state index contributed by atoms with van der Waals surface area (Å²) in [5.74, 6) is -0.330. The number of thiophene rings is 1. The van der Waals surface area contributed by atoms with E-state index in [0.29, 0.717) is 6.54 Å². The maximum Gasteiger partial charge on any atom is 0.254 e. The molecule has 132 valence electrons. The zero-order valence-electron chi connectivity index (χ0n) is 14.1. The number of amides is 1. The standard InChI is InChI=1S/C18H21FN4OS/c1-14(17-3-2-12-25-17)20-21-18(24)13-22-8-10-23(11-9-22)16-6-4-15(19)5-7-16/h2-7,12H,8-11,13H2,1H3,(H,21,24)/b20-14+. The highest BCUT2D eigenvalue weighted by atomic mass is 32.1. The minimum Gasteiger partial charge on any atom is -0.369 e. The number of benzene rings is 1. The molecule has 1 fully saturated rings. The molecule has 0 aliphatic carbocycles. The maximum absolute atomic E-state index is 13.0. The van der Waals surface area contributed by atoms with Crippen molar-refractivity contribution >= 4 is 28.6 Å². The summed E-state index contributed by atoms with van der Waals surface area (Å²) in [4.78, 5) is 17.4. The second-order valence-electron chi connectivity index (χ2n) is 5.95. The topological polar surface area (TPSA) is 47.9 Å². The molecule has 0 spiro atoms. The lowest BCUT2D eigenvalue weighted by molar-refractivity contribution is -0.122. The number of hydrogen-bond acceptors (Lipinski definition) is 5. The summed E-state index contributed by atoms with van der Waals surface area (Å²) in [6.07, 6.45) is 0. The second kappa shape index (κ2) is 8.22. The van der Waals surface area contributed by atoms with E-state index in [1.807, 2.05) is 24.4 Å². The van der Waals surface area contributed by atoms with E-state index in [1.165, 1.54) is 12.1 Å². The average molecular weight is 360 g/mol. The first-order valence-electron chi connectivity index (χ1n) is 8.22. The Hall–Kier alpha value is -2.25. The van der Waals surface area contributed by atoms with E-state index in [1.54, 1.807) is 23.5 Å². The van der Waals surface area contributed by atoms with Gasteiger partial charge in [0.15, 0.2) is 0 Å². The summed E-state index contributed by atoms with van der Waals surface area (Å²) in [6, 6.07) is 10.5. The molecule has 1 aromatic heterocycles. The van der Waals surface area contributed by atoms with Crippen LogP contribution in [0.4, 0.5) is 10.1 Å². The van der Waals surface area contributed by atoms with Gasteiger partial charge in [-0.3, -0.25) is 9.69 Å². The predicted octanol–water partition coefficient (Wildman–Crippen LogP) is 2.55. The van der Waals surface area contributed by atoms with E-state index >= 15 is 0 Å². The summed E-state index contributed by atoms with van der Waals surface area (Å²) in [6.45, 7) is 5.43. The molecule has 1 aliphatic rings. The van der Waals surface area contributed by atoms with Gasteiger partial charge in [0.05, 0.1) is 12.3 Å². The Bertz CT molecular complexity index is 722. The van der Waals surface area contributed by atoms with Gasteiger partial charge < -0.3 is 4.90 Å². The number of rotatable bonds is 5. The van der Waals surface area contributed by atoms with Crippen LogP contribution in [0.2, 0.25) is 0 Å². The zero-order valence-corrected chi connectivity index (χ0v) is 14.9. The van der Waals surface area contributed by atoms with Crippen molar-refractivity contribution < 1.29 is 9.18 Å². The SMILES string of the molecule is C/C(=N\NC(=O)CN1CCN(c2ccc(F)cc2)CC1)c1cccs1. The first kappa shape index (κ1) is 17.6. The lowest BCUT2D eigenvalue weighted by Crippen LogP contribution is -2.49. The van der Waals surface area contributed by atoms with Crippen LogP contribution < -0.4 is 10.3 Å². The minimum atomic E-state index is -0.225. The fourth-order valence-electron chi connectivity index (χ4n) is 2.74. The van der Waals surface area contributed by atoms with E-state index in [0.717, 1.165) is 42.5 Å². The maximum atomic E-state index is 13.0. The Labute approximate surface area is 150 Å². The number of halogens is 1. The molecule has 1 N–H and O–H groups in total. The lowest BCUT2D eigenvalue weighted by Gasteiger charge is -2.35. The molecule has 0 atom stereocenters. The number of carbonyl (C=O) groups excluding carboxylic acids is 1. The van der Waals surface area contributed by atoms with Crippen molar-refractivity contribution in [3.8, 4) is 0 Å². The van der Waals surface area contributed by atoms with Gasteiger partial charge in [0.2, 0.25) is 0 Å². The van der Waals surface area contributed by atoms with Gasteiger partial charge in [0, 0.05) is 36.7 Å². The molecule has 0 radical (unpaired) electrons. The molecule has 1 aliphatic heterocycles. The summed E-state index contributed by atoms with van der Waals surface area (Å²) < 4.78 is 13.0. The van der Waals surface area contributed by atoms with Gasteiger partial charge in [0.25, 0.3) is 5.91 Å². The highest BCUT2D eigenvalue weighted by molar-refractivity contribution is 7.12. The van der Waals surface area contributed by atoms with Crippen LogP contribution in [-0.2, 0) is 4.79 Å². The van der Waals surface area contributed by atoms with Crippen LogP contribution in [0, 0.1) is 5.82 Å². The Morgan fingerprint density at radius 1 is 1.20 bits per heavy atom. The van der Waals surface area contributed by atoms with Gasteiger partial charge in [-0.25, -0.2) is 9.82 Å². The van der Waals surface area contributed by atoms with Crippen molar-refractivity contribution in [1.29, 1.82) is 0 Å². The van der Waals surface area contributed by atoms with Crippen molar-refractivity contribution in [2.24, 2.45) is 5.10 Å². The smallest absolute Gasteiger partial charge is 0.254 e. The molecule has 0 bridgehead atoms. The van der Waals surface area contributed by atoms with Gasteiger partial charge >= 0.3 is 0 Å². The van der Waals surface area contributed by atoms with Gasteiger partial charge in [-0.2, -0.15) is 5.10 Å². The van der Waals surface area contributed by atoms with Gasteiger partial charge in [0.1, 0.15) is 5.82 Å². The highest BCUT2D eigenvalue weighted by Gasteiger charge is 2.19. The number of piperazine rings is 1. The molecular formula is C18H21FN4OS. The van der Waals surface area contributed by atoms with Gasteiger partial charge in [-0.1, -0.05) is 6.07 Å². The van der Waals surface area contributed by atoms with Crippen molar-refractivity contribution in [2.75, 3.05) is 37.6 Å². The molecule has 1 amide bonds. The van der Waals surface area contributed by atoms with Crippen molar-refractivity contribution in [2.45, 2.75) is 6.92 Å². The van der Waals surface area contributed by atoms with Crippen LogP contribution in [0.1, 0.15) is 11.8 Å². The molecule has 25 heavy (non-hydrogen) atoms. The summed E-state index contributed by atoms with van der Waals surface area (Å²) in [7, 11) is 0. The van der Waals surface area contributed by atoms with Crippen LogP contribution in [0.5, 0.6) is 0 Å². The Balaban J connectivity index is 1.45. The van der Waals surface area contributed by atoms with Crippen LogP contribution in [0.3, 0.4) is 0 Å². The fraction of sp³-hybridized carbons (Fsp3) is 0.333. The largest absolute Gasteiger partial charge is 0.369 e. The number of anilines is 1. The average Bonchev–Trinajstić information content (AvgIpc) is 3.16. The number of hydrogen-bond donors (Lipinski definition) is 1. The quantitative estimate of drug-likeness (QED) is 0.658. The van der Waals surface area contributed by atoms with Crippen LogP contribution in [-0.4, -0.2) is 49.2 Å². The van der Waals surface area contributed by atoms with Gasteiger partial charge in [-0.15, -0.1) is 11.3 Å². The molecule has 0 unspecified atom stereocenters. The summed E-state index contributed by atoms with van der Waals surface area (Å²) in [5, 5.41) is 6.14. The lowest BCUT2D eigenvalue weighted by atomic mass is 10.2. The normalized spacial score (nSPS) is 16.1. The summed E-state index contributed by atoms with van der Waals surface area (Å²) >= 11 is 1.60. The number of nitrogens with zero attached hydrogens (tertiary/aromatic N) is 3. The molecule has 2 heterocycles. The second-order valence-corrected chi connectivity index (χ2v) is 6.90. The zero-order chi connectivity index (χ0) is 17.6. The number of nitrogens with one attached hydrogen (secondary N) is 1. The predicted molar refractivity (Wildman–Crippen MR) is 99.7 cm³/mol. The third-order valence-corrected chi connectivity index (χ3v) is 5.14. The molecule has 1 aromatic carbocycles. The molecular weight excluding hydrogens is 339 g/mol. The van der Waals surface area contributed by atoms with Crippen LogP contribution in [0.25, 0.3) is 0 Å². The van der Waals surface area contributed by atoms with E-state index < -0.39 is 0 Å². The van der Waals surface area contributed by atoms with Gasteiger partial charge in [-0.05, 0) is 42.6 Å². The van der Waals surface area contributed by atoms with Crippen LogP contribution in [0.15, 0.2) is 46.9 Å². The molecule has 3 rings (SSSR count). The van der Waals surface area contributed by atoms with E-state index in [4.69, 9.17) is 0 Å². The molecule has 5 nitrogen and oxygen atoms in total. The van der Waals surface area contributed by atoms with Crippen molar-refractivity contribution in [3.05, 3.63) is 52.5 Å². The van der Waals surface area contributed by atoms with E-state index in [-0.39, 0.29) is 11.7 Å². The third-order valence-electron chi connectivity index (χ3n) is 4.16. The monoisotopic (exact) mass is 360 g/mol. The summed E-state index contributed by atoms with van der Waals surface area (Å²) in [5.41, 5.74) is 4.45.